The Balaban J connectivity index is 1.44. The van der Waals surface area contributed by atoms with Crippen LogP contribution in [0.3, 0.4) is 0 Å². The minimum Gasteiger partial charge on any atom is -0.273 e. The minimum atomic E-state index is -3.56. The van der Waals surface area contributed by atoms with Crippen LogP contribution in [-0.2, 0) is 10.0 Å². The molecule has 0 saturated carbocycles. The highest BCUT2D eigenvalue weighted by Gasteiger charge is 2.32. The van der Waals surface area contributed by atoms with Crippen molar-refractivity contribution in [2.24, 2.45) is 0 Å². The van der Waals surface area contributed by atoms with Gasteiger partial charge < -0.3 is 0 Å². The van der Waals surface area contributed by atoms with Gasteiger partial charge in [-0.15, -0.1) is 0 Å². The fourth-order valence-corrected chi connectivity index (χ4v) is 6.60. The highest BCUT2D eigenvalue weighted by Crippen LogP contribution is 2.28. The number of aromatic nitrogens is 1. The normalized spacial score (nSPS) is 17.5. The summed E-state index contributed by atoms with van der Waals surface area (Å²) >= 11 is 1.45. The first-order valence-corrected chi connectivity index (χ1v) is 12.7. The molecular formula is C22H26N4O3S2. The van der Waals surface area contributed by atoms with Gasteiger partial charge in [-0.25, -0.2) is 13.4 Å². The van der Waals surface area contributed by atoms with Gasteiger partial charge in [0.25, 0.3) is 5.91 Å². The van der Waals surface area contributed by atoms with Crippen LogP contribution >= 0.6 is 11.3 Å². The number of para-hydroxylation sites is 1. The monoisotopic (exact) mass is 458 g/mol. The summed E-state index contributed by atoms with van der Waals surface area (Å²) in [6.07, 6.45) is 3.64. The van der Waals surface area contributed by atoms with E-state index < -0.39 is 10.0 Å². The summed E-state index contributed by atoms with van der Waals surface area (Å²) in [5.74, 6) is -0.357. The molecule has 1 unspecified atom stereocenters. The maximum absolute atomic E-state index is 13.1. The molecule has 2 heterocycles. The number of hydrogen-bond donors (Lipinski definition) is 2. The van der Waals surface area contributed by atoms with E-state index in [9.17, 15) is 13.2 Å². The van der Waals surface area contributed by atoms with E-state index >= 15 is 0 Å². The molecule has 164 valence electrons. The summed E-state index contributed by atoms with van der Waals surface area (Å²) in [6.45, 7) is 4.56. The predicted octanol–water partition coefficient (Wildman–Crippen LogP) is 4.31. The maximum atomic E-state index is 13.1. The average molecular weight is 459 g/mol. The molecule has 1 fully saturated rings. The van der Waals surface area contributed by atoms with Crippen molar-refractivity contribution >= 4 is 42.6 Å². The number of aryl methyl sites for hydroxylation is 1. The van der Waals surface area contributed by atoms with Crippen molar-refractivity contribution < 1.29 is 13.2 Å². The predicted molar refractivity (Wildman–Crippen MR) is 124 cm³/mol. The van der Waals surface area contributed by atoms with E-state index in [2.05, 4.69) is 15.8 Å². The van der Waals surface area contributed by atoms with E-state index in [4.69, 9.17) is 0 Å². The van der Waals surface area contributed by atoms with Crippen LogP contribution in [0, 0.1) is 6.92 Å². The first-order chi connectivity index (χ1) is 14.9. The lowest BCUT2D eigenvalue weighted by Gasteiger charge is -2.34. The highest BCUT2D eigenvalue weighted by atomic mass is 32.2. The zero-order valence-corrected chi connectivity index (χ0v) is 19.2. The molecule has 0 radical (unpaired) electrons. The summed E-state index contributed by atoms with van der Waals surface area (Å²) in [5.41, 5.74) is 7.83. The SMILES string of the molecule is CCC1CCCCN1S(=O)(=O)c1ccc(C(=O)NNc2nc3c(C)cccc3s2)cc1. The third-order valence-corrected chi connectivity index (χ3v) is 8.57. The highest BCUT2D eigenvalue weighted by molar-refractivity contribution is 7.89. The van der Waals surface area contributed by atoms with Crippen molar-refractivity contribution in [2.75, 3.05) is 12.0 Å². The topological polar surface area (TPSA) is 91.4 Å². The first kappa shape index (κ1) is 21.7. The number of piperidine rings is 1. The molecule has 1 amide bonds. The van der Waals surface area contributed by atoms with Gasteiger partial charge >= 0.3 is 0 Å². The number of amides is 1. The van der Waals surface area contributed by atoms with Gasteiger partial charge in [0.15, 0.2) is 0 Å². The number of nitrogens with one attached hydrogen (secondary N) is 2. The number of carbonyl (C=O) groups is 1. The summed E-state index contributed by atoms with van der Waals surface area (Å²) in [4.78, 5) is 17.2. The second kappa shape index (κ2) is 8.94. The van der Waals surface area contributed by atoms with Gasteiger partial charge in [-0.2, -0.15) is 4.31 Å². The molecule has 2 aromatic carbocycles. The Morgan fingerprint density at radius 2 is 1.97 bits per heavy atom. The van der Waals surface area contributed by atoms with Crippen molar-refractivity contribution in [3.63, 3.8) is 0 Å². The maximum Gasteiger partial charge on any atom is 0.269 e. The second-order valence-corrected chi connectivity index (χ2v) is 10.6. The van der Waals surface area contributed by atoms with Gasteiger partial charge in [-0.05, 0) is 62.1 Å². The van der Waals surface area contributed by atoms with Gasteiger partial charge in [0.2, 0.25) is 15.2 Å². The number of nitrogens with zero attached hydrogens (tertiary/aromatic N) is 2. The Kier molecular flexibility index (Phi) is 6.27. The number of hydrazine groups is 1. The van der Waals surface area contributed by atoms with E-state index in [0.717, 1.165) is 41.5 Å². The number of hydrogen-bond acceptors (Lipinski definition) is 6. The molecule has 3 aromatic rings. The summed E-state index contributed by atoms with van der Waals surface area (Å²) < 4.78 is 28.8. The molecular weight excluding hydrogens is 432 g/mol. The molecule has 1 aliphatic rings. The Hall–Kier alpha value is -2.49. The standard InChI is InChI=1S/C22H26N4O3S2/c1-3-17-8-4-5-14-26(17)31(28,29)18-12-10-16(11-13-18)21(27)24-25-22-23-20-15(2)7-6-9-19(20)30-22/h6-7,9-13,17H,3-5,8,14H2,1-2H3,(H,23,25)(H,24,27). The van der Waals surface area contributed by atoms with Crippen LogP contribution < -0.4 is 10.9 Å². The smallest absolute Gasteiger partial charge is 0.269 e. The summed E-state index contributed by atoms with van der Waals surface area (Å²) in [6, 6.07) is 12.1. The van der Waals surface area contributed by atoms with Gasteiger partial charge in [-0.3, -0.25) is 15.6 Å². The van der Waals surface area contributed by atoms with Crippen molar-refractivity contribution in [1.29, 1.82) is 0 Å². The molecule has 31 heavy (non-hydrogen) atoms. The Morgan fingerprint density at radius 1 is 1.19 bits per heavy atom. The van der Waals surface area contributed by atoms with Crippen LogP contribution in [0.1, 0.15) is 48.5 Å². The number of benzene rings is 2. The van der Waals surface area contributed by atoms with Crippen LogP contribution in [0.2, 0.25) is 0 Å². The Bertz CT molecular complexity index is 1190. The van der Waals surface area contributed by atoms with Crippen LogP contribution in [-0.4, -0.2) is 36.2 Å². The van der Waals surface area contributed by atoms with E-state index in [1.165, 1.54) is 35.6 Å². The van der Waals surface area contributed by atoms with Crippen LogP contribution in [0.15, 0.2) is 47.4 Å². The lowest BCUT2D eigenvalue weighted by molar-refractivity contribution is 0.0962. The number of anilines is 1. The molecule has 1 aromatic heterocycles. The zero-order valence-electron chi connectivity index (χ0n) is 17.6. The molecule has 0 aliphatic carbocycles. The lowest BCUT2D eigenvalue weighted by atomic mass is 10.0. The number of rotatable bonds is 6. The number of carbonyl (C=O) groups excluding carboxylic acids is 1. The van der Waals surface area contributed by atoms with Crippen molar-refractivity contribution in [3.8, 4) is 0 Å². The van der Waals surface area contributed by atoms with E-state index in [1.54, 1.807) is 4.31 Å². The van der Waals surface area contributed by atoms with Crippen LogP contribution in [0.5, 0.6) is 0 Å². The molecule has 1 aliphatic heterocycles. The molecule has 7 nitrogen and oxygen atoms in total. The van der Waals surface area contributed by atoms with Crippen molar-refractivity contribution in [2.45, 2.75) is 50.5 Å². The fraction of sp³-hybridized carbons (Fsp3) is 0.364. The quantitative estimate of drug-likeness (QED) is 0.537. The average Bonchev–Trinajstić information content (AvgIpc) is 3.22. The zero-order chi connectivity index (χ0) is 22.0. The number of thiazole rings is 1. The van der Waals surface area contributed by atoms with Crippen molar-refractivity contribution in [1.82, 2.24) is 14.7 Å². The third kappa shape index (κ3) is 4.44. The summed E-state index contributed by atoms with van der Waals surface area (Å²) in [7, 11) is -3.56. The molecule has 1 saturated heterocycles. The van der Waals surface area contributed by atoms with Gasteiger partial charge in [0.1, 0.15) is 0 Å². The molecule has 0 bridgehead atoms. The van der Waals surface area contributed by atoms with Gasteiger partial charge in [0.05, 0.1) is 15.1 Å². The number of sulfonamides is 1. The second-order valence-electron chi connectivity index (χ2n) is 7.72. The van der Waals surface area contributed by atoms with Crippen LogP contribution in [0.4, 0.5) is 5.13 Å². The van der Waals surface area contributed by atoms with Crippen molar-refractivity contribution in [3.05, 3.63) is 53.6 Å². The molecule has 4 rings (SSSR count). The third-order valence-electron chi connectivity index (χ3n) is 5.67. The minimum absolute atomic E-state index is 0.0448. The van der Waals surface area contributed by atoms with E-state index in [-0.39, 0.29) is 16.8 Å². The fourth-order valence-electron chi connectivity index (χ4n) is 3.93. The molecule has 9 heteroatoms. The van der Waals surface area contributed by atoms with Gasteiger partial charge in [-0.1, -0.05) is 36.8 Å². The Morgan fingerprint density at radius 3 is 2.68 bits per heavy atom. The largest absolute Gasteiger partial charge is 0.273 e. The molecule has 1 atom stereocenters. The van der Waals surface area contributed by atoms with Gasteiger partial charge in [0, 0.05) is 18.2 Å². The first-order valence-electron chi connectivity index (χ1n) is 10.4. The number of fused-ring (bicyclic) bond motifs is 1. The van der Waals surface area contributed by atoms with E-state index in [1.807, 2.05) is 32.0 Å². The molecule has 2 N–H and O–H groups in total. The van der Waals surface area contributed by atoms with E-state index in [0.29, 0.717) is 17.2 Å². The summed E-state index contributed by atoms with van der Waals surface area (Å²) in [5, 5.41) is 0.590. The van der Waals surface area contributed by atoms with Crippen LogP contribution in [0.25, 0.3) is 10.2 Å². The Labute approximate surface area is 186 Å². The molecule has 0 spiro atoms. The lowest BCUT2D eigenvalue weighted by Crippen LogP contribution is -2.43.